The molecular weight excluding hydrogens is 265 g/mol. The lowest BCUT2D eigenvalue weighted by Gasteiger charge is -2.10. The topological polar surface area (TPSA) is 14.2 Å². The highest BCUT2D eigenvalue weighted by Crippen LogP contribution is 2.30. The van der Waals surface area contributed by atoms with Gasteiger partial charge in [-0.3, -0.25) is 0 Å². The Morgan fingerprint density at radius 2 is 1.95 bits per heavy atom. The Labute approximate surface area is 116 Å². The van der Waals surface area contributed by atoms with Gasteiger partial charge in [0.05, 0.1) is 10.7 Å². The van der Waals surface area contributed by atoms with Crippen molar-refractivity contribution in [3.8, 4) is 23.8 Å². The summed E-state index contributed by atoms with van der Waals surface area (Å²) in [6, 6.07) is 2.78. The lowest BCUT2D eigenvalue weighted by molar-refractivity contribution is 0.369. The Hall–Kier alpha value is -1.92. The first-order valence-electron chi connectivity index (χ1n) is 5.74. The molecule has 2 nitrogen and oxygen atoms in total. The average molecular weight is 278 g/mol. The number of ether oxygens (including phenoxy) is 1. The van der Waals surface area contributed by atoms with Gasteiger partial charge in [-0.25, -0.2) is 4.39 Å². The molecule has 98 valence electrons. The summed E-state index contributed by atoms with van der Waals surface area (Å²) in [5.74, 6) is 2.31. The summed E-state index contributed by atoms with van der Waals surface area (Å²) in [5, 5.41) is 0.206. The minimum Gasteiger partial charge on any atom is -0.479 e. The Morgan fingerprint density at radius 1 is 1.32 bits per heavy atom. The third-order valence-electron chi connectivity index (χ3n) is 2.88. The van der Waals surface area contributed by atoms with Crippen molar-refractivity contribution in [1.82, 2.24) is 4.57 Å². The zero-order chi connectivity index (χ0) is 14.0. The molecule has 0 aliphatic carbocycles. The van der Waals surface area contributed by atoms with Crippen LogP contribution in [0, 0.1) is 32.0 Å². The third-order valence-corrected chi connectivity index (χ3v) is 3.17. The molecule has 0 unspecified atom stereocenters. The van der Waals surface area contributed by atoms with Crippen LogP contribution in [-0.2, 0) is 0 Å². The molecule has 0 atom stereocenters. The second-order valence-electron chi connectivity index (χ2n) is 4.26. The minimum absolute atomic E-state index is 0.0918. The number of terminal acetylenes is 1. The van der Waals surface area contributed by atoms with E-state index in [1.807, 2.05) is 26.2 Å². The molecule has 0 fully saturated rings. The van der Waals surface area contributed by atoms with Crippen LogP contribution in [0.3, 0.4) is 0 Å². The smallest absolute Gasteiger partial charge is 0.148 e. The first kappa shape index (κ1) is 13.5. The molecule has 0 aliphatic heterocycles. The highest BCUT2D eigenvalue weighted by atomic mass is 35.5. The lowest BCUT2D eigenvalue weighted by atomic mass is 10.2. The van der Waals surface area contributed by atoms with Crippen LogP contribution in [0.1, 0.15) is 11.1 Å². The Balaban J connectivity index is 2.48. The number of benzene rings is 1. The molecule has 0 bridgehead atoms. The fourth-order valence-corrected chi connectivity index (χ4v) is 1.95. The predicted octanol–water partition coefficient (Wildman–Crippen LogP) is 3.90. The Morgan fingerprint density at radius 3 is 2.53 bits per heavy atom. The zero-order valence-corrected chi connectivity index (χ0v) is 11.5. The second-order valence-corrected chi connectivity index (χ2v) is 4.67. The highest BCUT2D eigenvalue weighted by molar-refractivity contribution is 6.32. The SMILES string of the molecule is C#CCOc1cc(-n2cc(C)c(C)c2)c(F)cc1Cl. The van der Waals surface area contributed by atoms with Gasteiger partial charge in [-0.2, -0.15) is 0 Å². The first-order chi connectivity index (χ1) is 9.02. The summed E-state index contributed by atoms with van der Waals surface area (Å²) in [4.78, 5) is 0. The van der Waals surface area contributed by atoms with Crippen LogP contribution in [0.25, 0.3) is 5.69 Å². The van der Waals surface area contributed by atoms with Crippen LogP contribution in [0.15, 0.2) is 24.5 Å². The van der Waals surface area contributed by atoms with E-state index in [2.05, 4.69) is 5.92 Å². The summed E-state index contributed by atoms with van der Waals surface area (Å²) >= 11 is 5.92. The van der Waals surface area contributed by atoms with Gasteiger partial charge in [-0.1, -0.05) is 17.5 Å². The van der Waals surface area contributed by atoms with Gasteiger partial charge < -0.3 is 9.30 Å². The minimum atomic E-state index is -0.409. The fraction of sp³-hybridized carbons (Fsp3) is 0.200. The zero-order valence-electron chi connectivity index (χ0n) is 10.7. The van der Waals surface area contributed by atoms with E-state index in [0.717, 1.165) is 11.1 Å². The van der Waals surface area contributed by atoms with Crippen LogP contribution in [0.2, 0.25) is 5.02 Å². The molecule has 0 radical (unpaired) electrons. The van der Waals surface area contributed by atoms with Crippen LogP contribution < -0.4 is 4.74 Å². The summed E-state index contributed by atoms with van der Waals surface area (Å²) in [5.41, 5.74) is 2.55. The van der Waals surface area contributed by atoms with Gasteiger partial charge in [0, 0.05) is 18.5 Å². The van der Waals surface area contributed by atoms with Crippen LogP contribution in [0.4, 0.5) is 4.39 Å². The molecule has 0 amide bonds. The molecule has 2 rings (SSSR count). The van der Waals surface area contributed by atoms with Gasteiger partial charge in [-0.05, 0) is 31.0 Å². The second kappa shape index (κ2) is 5.38. The summed E-state index contributed by atoms with van der Waals surface area (Å²) in [6.45, 7) is 4.03. The van der Waals surface area contributed by atoms with Crippen molar-refractivity contribution in [2.75, 3.05) is 6.61 Å². The van der Waals surface area contributed by atoms with Crippen LogP contribution in [0.5, 0.6) is 5.75 Å². The van der Waals surface area contributed by atoms with Crippen molar-refractivity contribution < 1.29 is 9.13 Å². The number of nitrogens with zero attached hydrogens (tertiary/aromatic N) is 1. The van der Waals surface area contributed by atoms with Gasteiger partial charge >= 0.3 is 0 Å². The average Bonchev–Trinajstić information content (AvgIpc) is 2.68. The number of halogens is 2. The fourth-order valence-electron chi connectivity index (χ4n) is 1.74. The molecule has 0 spiro atoms. The van der Waals surface area contributed by atoms with Gasteiger partial charge in [0.15, 0.2) is 0 Å². The lowest BCUT2D eigenvalue weighted by Crippen LogP contribution is -1.99. The van der Waals surface area contributed by atoms with E-state index in [4.69, 9.17) is 22.8 Å². The predicted molar refractivity (Wildman–Crippen MR) is 74.5 cm³/mol. The van der Waals surface area contributed by atoms with E-state index in [0.29, 0.717) is 11.4 Å². The molecular formula is C15H13ClFNO. The summed E-state index contributed by atoms with van der Waals surface area (Å²) in [6.07, 6.45) is 8.84. The number of aromatic nitrogens is 1. The van der Waals surface area contributed by atoms with Crippen molar-refractivity contribution in [1.29, 1.82) is 0 Å². The van der Waals surface area contributed by atoms with E-state index in [-0.39, 0.29) is 11.6 Å². The van der Waals surface area contributed by atoms with Crippen LogP contribution in [-0.4, -0.2) is 11.2 Å². The van der Waals surface area contributed by atoms with E-state index < -0.39 is 5.82 Å². The number of hydrogen-bond acceptors (Lipinski definition) is 1. The summed E-state index contributed by atoms with van der Waals surface area (Å²) in [7, 11) is 0. The molecule has 1 aromatic carbocycles. The van der Waals surface area contributed by atoms with Gasteiger partial charge in [0.2, 0.25) is 0 Å². The molecule has 4 heteroatoms. The maximum atomic E-state index is 14.0. The third kappa shape index (κ3) is 2.74. The molecule has 0 saturated heterocycles. The Kier molecular flexibility index (Phi) is 3.82. The number of hydrogen-bond donors (Lipinski definition) is 0. The molecule has 0 aliphatic rings. The van der Waals surface area contributed by atoms with E-state index in [1.54, 1.807) is 10.6 Å². The number of rotatable bonds is 3. The maximum Gasteiger partial charge on any atom is 0.148 e. The van der Waals surface area contributed by atoms with Crippen molar-refractivity contribution in [3.63, 3.8) is 0 Å². The van der Waals surface area contributed by atoms with Crippen molar-refractivity contribution in [3.05, 3.63) is 46.5 Å². The van der Waals surface area contributed by atoms with Crippen LogP contribution >= 0.6 is 11.6 Å². The number of aryl methyl sites for hydroxylation is 2. The van der Waals surface area contributed by atoms with Crippen molar-refractivity contribution >= 4 is 11.6 Å². The van der Waals surface area contributed by atoms with Crippen molar-refractivity contribution in [2.24, 2.45) is 0 Å². The van der Waals surface area contributed by atoms with E-state index in [1.165, 1.54) is 6.07 Å². The summed E-state index contributed by atoms with van der Waals surface area (Å²) < 4.78 is 21.0. The van der Waals surface area contributed by atoms with E-state index >= 15 is 0 Å². The molecule has 19 heavy (non-hydrogen) atoms. The monoisotopic (exact) mass is 277 g/mol. The molecule has 0 saturated carbocycles. The van der Waals surface area contributed by atoms with E-state index in [9.17, 15) is 4.39 Å². The molecule has 1 heterocycles. The quantitative estimate of drug-likeness (QED) is 0.776. The van der Waals surface area contributed by atoms with Gasteiger partial charge in [0.1, 0.15) is 18.2 Å². The first-order valence-corrected chi connectivity index (χ1v) is 6.11. The maximum absolute atomic E-state index is 14.0. The highest BCUT2D eigenvalue weighted by Gasteiger charge is 2.12. The van der Waals surface area contributed by atoms with Gasteiger partial charge in [0.25, 0.3) is 0 Å². The standard InChI is InChI=1S/C15H13ClFNO/c1-4-5-19-15-7-14(13(17)6-12(15)16)18-8-10(2)11(3)9-18/h1,6-9H,5H2,2-3H3. The molecule has 2 aromatic rings. The van der Waals surface area contributed by atoms with Gasteiger partial charge in [-0.15, -0.1) is 6.42 Å². The molecule has 0 N–H and O–H groups in total. The molecule has 1 aromatic heterocycles. The van der Waals surface area contributed by atoms with Crippen molar-refractivity contribution in [2.45, 2.75) is 13.8 Å². The normalized spacial score (nSPS) is 10.3. The Bertz CT molecular complexity index is 635. The largest absolute Gasteiger partial charge is 0.479 e.